The predicted molar refractivity (Wildman–Crippen MR) is 86.6 cm³/mol. The number of halogens is 1. The van der Waals surface area contributed by atoms with Crippen LogP contribution >= 0.6 is 15.9 Å². The van der Waals surface area contributed by atoms with Gasteiger partial charge in [-0.05, 0) is 49.3 Å². The molecule has 1 aromatic carbocycles. The van der Waals surface area contributed by atoms with Crippen LogP contribution in [0.25, 0.3) is 0 Å². The maximum Gasteiger partial charge on any atom is 0.0425 e. The third-order valence-electron chi connectivity index (χ3n) is 4.16. The summed E-state index contributed by atoms with van der Waals surface area (Å²) in [5, 5.41) is 0. The topological polar surface area (TPSA) is 29.3 Å². The highest BCUT2D eigenvalue weighted by Crippen LogP contribution is 2.35. The number of nitrogens with two attached hydrogens (primary N) is 1. The number of benzene rings is 1. The molecule has 0 saturated carbocycles. The van der Waals surface area contributed by atoms with Gasteiger partial charge in [0.25, 0.3) is 0 Å². The molecule has 1 aromatic rings. The summed E-state index contributed by atoms with van der Waals surface area (Å²) in [4.78, 5) is 2.51. The fraction of sp³-hybridized carbons (Fsp3) is 0.625. The molecule has 0 aromatic heterocycles. The third kappa shape index (κ3) is 3.73. The van der Waals surface area contributed by atoms with Crippen molar-refractivity contribution in [3.63, 3.8) is 0 Å². The Labute approximate surface area is 125 Å². The van der Waals surface area contributed by atoms with Gasteiger partial charge in [-0.25, -0.2) is 0 Å². The molecule has 3 heteroatoms. The summed E-state index contributed by atoms with van der Waals surface area (Å²) in [6.45, 7) is 9.09. The second-order valence-corrected chi connectivity index (χ2v) is 7.41. The van der Waals surface area contributed by atoms with Gasteiger partial charge in [0.15, 0.2) is 0 Å². The Hall–Kier alpha value is -0.540. The average Bonchev–Trinajstić information content (AvgIpc) is 2.49. The minimum Gasteiger partial charge on any atom is -0.371 e. The first-order valence-electron chi connectivity index (χ1n) is 7.19. The van der Waals surface area contributed by atoms with Crippen LogP contribution in [0.3, 0.4) is 0 Å². The molecule has 0 bridgehead atoms. The van der Waals surface area contributed by atoms with Crippen molar-refractivity contribution in [3.8, 4) is 0 Å². The molecule has 2 nitrogen and oxygen atoms in total. The van der Waals surface area contributed by atoms with Crippen molar-refractivity contribution in [2.45, 2.75) is 46.1 Å². The minimum atomic E-state index is 0.0827. The van der Waals surface area contributed by atoms with E-state index in [4.69, 9.17) is 5.73 Å². The van der Waals surface area contributed by atoms with Crippen molar-refractivity contribution < 1.29 is 0 Å². The normalized spacial score (nSPS) is 21.0. The number of anilines is 1. The van der Waals surface area contributed by atoms with Crippen LogP contribution < -0.4 is 10.6 Å². The monoisotopic (exact) mass is 324 g/mol. The van der Waals surface area contributed by atoms with Crippen LogP contribution in [-0.4, -0.2) is 13.1 Å². The molecule has 0 spiro atoms. The lowest BCUT2D eigenvalue weighted by Gasteiger charge is -2.28. The van der Waals surface area contributed by atoms with Gasteiger partial charge in [0.2, 0.25) is 0 Å². The molecule has 2 N–H and O–H groups in total. The molecule has 1 atom stereocenters. The first-order valence-corrected chi connectivity index (χ1v) is 7.98. The van der Waals surface area contributed by atoms with Crippen LogP contribution in [-0.2, 0) is 0 Å². The lowest BCUT2D eigenvalue weighted by molar-refractivity contribution is 0.325. The second-order valence-electron chi connectivity index (χ2n) is 6.50. The molecular weight excluding hydrogens is 300 g/mol. The van der Waals surface area contributed by atoms with Gasteiger partial charge >= 0.3 is 0 Å². The summed E-state index contributed by atoms with van der Waals surface area (Å²) in [6, 6.07) is 6.54. The van der Waals surface area contributed by atoms with Gasteiger partial charge in [-0.1, -0.05) is 35.8 Å². The van der Waals surface area contributed by atoms with E-state index < -0.39 is 0 Å². The van der Waals surface area contributed by atoms with Crippen molar-refractivity contribution in [2.75, 3.05) is 18.0 Å². The van der Waals surface area contributed by atoms with E-state index in [0.29, 0.717) is 5.41 Å². The van der Waals surface area contributed by atoms with Gasteiger partial charge in [-0.2, -0.15) is 0 Å². The Balaban J connectivity index is 2.28. The van der Waals surface area contributed by atoms with E-state index in [-0.39, 0.29) is 6.04 Å². The van der Waals surface area contributed by atoms with Crippen molar-refractivity contribution in [2.24, 2.45) is 11.1 Å². The highest BCUT2D eigenvalue weighted by molar-refractivity contribution is 9.10. The van der Waals surface area contributed by atoms with Gasteiger partial charge in [-0.3, -0.25) is 0 Å². The van der Waals surface area contributed by atoms with Crippen molar-refractivity contribution in [1.29, 1.82) is 0 Å². The number of hydrogen-bond donors (Lipinski definition) is 1. The van der Waals surface area contributed by atoms with Gasteiger partial charge < -0.3 is 10.6 Å². The summed E-state index contributed by atoms with van der Waals surface area (Å²) >= 11 is 3.59. The average molecular weight is 325 g/mol. The first-order chi connectivity index (χ1) is 8.89. The van der Waals surface area contributed by atoms with Gasteiger partial charge in [-0.15, -0.1) is 0 Å². The maximum absolute atomic E-state index is 6.12. The third-order valence-corrected chi connectivity index (χ3v) is 4.66. The van der Waals surface area contributed by atoms with Gasteiger partial charge in [0.1, 0.15) is 0 Å². The number of hydrogen-bond acceptors (Lipinski definition) is 2. The SMILES string of the molecule is CC(N)c1ccc(Br)cc1N1CCCC(C)(C)CC1. The second kappa shape index (κ2) is 5.84. The van der Waals surface area contributed by atoms with E-state index >= 15 is 0 Å². The smallest absolute Gasteiger partial charge is 0.0425 e. The van der Waals surface area contributed by atoms with Crippen LogP contribution in [0.1, 0.15) is 51.6 Å². The van der Waals surface area contributed by atoms with E-state index in [1.807, 2.05) is 0 Å². The Bertz CT molecular complexity index is 440. The quantitative estimate of drug-likeness (QED) is 0.868. The summed E-state index contributed by atoms with van der Waals surface area (Å²) in [5.74, 6) is 0. The molecule has 0 radical (unpaired) electrons. The van der Waals surface area contributed by atoms with E-state index in [1.54, 1.807) is 0 Å². The summed E-state index contributed by atoms with van der Waals surface area (Å²) < 4.78 is 1.13. The van der Waals surface area contributed by atoms with E-state index in [1.165, 1.54) is 30.5 Å². The fourth-order valence-corrected chi connectivity index (χ4v) is 3.19. The number of rotatable bonds is 2. The van der Waals surface area contributed by atoms with Crippen LogP contribution in [0.4, 0.5) is 5.69 Å². The zero-order chi connectivity index (χ0) is 14.0. The van der Waals surface area contributed by atoms with E-state index in [2.05, 4.69) is 59.8 Å². The van der Waals surface area contributed by atoms with Gasteiger partial charge in [0, 0.05) is 29.3 Å². The molecule has 2 rings (SSSR count). The predicted octanol–water partition coefficient (Wildman–Crippen LogP) is 4.49. The van der Waals surface area contributed by atoms with Crippen LogP contribution in [0.2, 0.25) is 0 Å². The van der Waals surface area contributed by atoms with E-state index in [0.717, 1.165) is 17.6 Å². The maximum atomic E-state index is 6.12. The zero-order valence-electron chi connectivity index (χ0n) is 12.2. The van der Waals surface area contributed by atoms with Crippen molar-refractivity contribution >= 4 is 21.6 Å². The minimum absolute atomic E-state index is 0.0827. The van der Waals surface area contributed by atoms with Crippen LogP contribution in [0.15, 0.2) is 22.7 Å². The summed E-state index contributed by atoms with van der Waals surface area (Å²) in [7, 11) is 0. The van der Waals surface area contributed by atoms with Crippen molar-refractivity contribution in [3.05, 3.63) is 28.2 Å². The molecule has 1 aliphatic heterocycles. The molecule has 0 amide bonds. The molecule has 19 heavy (non-hydrogen) atoms. The zero-order valence-corrected chi connectivity index (χ0v) is 13.8. The van der Waals surface area contributed by atoms with Crippen LogP contribution in [0.5, 0.6) is 0 Å². The fourth-order valence-electron chi connectivity index (χ4n) is 2.84. The lowest BCUT2D eigenvalue weighted by atomic mass is 9.85. The van der Waals surface area contributed by atoms with Gasteiger partial charge in [0.05, 0.1) is 0 Å². The Morgan fingerprint density at radius 1 is 1.26 bits per heavy atom. The Morgan fingerprint density at radius 2 is 2.00 bits per heavy atom. The molecule has 1 fully saturated rings. The molecule has 1 unspecified atom stereocenters. The molecule has 106 valence electrons. The Morgan fingerprint density at radius 3 is 2.68 bits per heavy atom. The van der Waals surface area contributed by atoms with E-state index in [9.17, 15) is 0 Å². The molecule has 1 saturated heterocycles. The molecular formula is C16H25BrN2. The highest BCUT2D eigenvalue weighted by Gasteiger charge is 2.24. The van der Waals surface area contributed by atoms with Crippen LogP contribution in [0, 0.1) is 5.41 Å². The molecule has 0 aliphatic carbocycles. The highest BCUT2D eigenvalue weighted by atomic mass is 79.9. The standard InChI is InChI=1S/C16H25BrN2/c1-12(18)14-6-5-13(17)11-15(14)19-9-4-7-16(2,3)8-10-19/h5-6,11-12H,4,7-10,18H2,1-3H3. The molecule has 1 aliphatic rings. The summed E-state index contributed by atoms with van der Waals surface area (Å²) in [6.07, 6.45) is 3.82. The molecule has 1 heterocycles. The van der Waals surface area contributed by atoms with Crippen molar-refractivity contribution in [1.82, 2.24) is 0 Å². The lowest BCUT2D eigenvalue weighted by Crippen LogP contribution is -2.27. The first kappa shape index (κ1) is 14.9. The number of nitrogens with zero attached hydrogens (tertiary/aromatic N) is 1. The Kier molecular flexibility index (Phi) is 4.57. The largest absolute Gasteiger partial charge is 0.371 e. The summed E-state index contributed by atoms with van der Waals surface area (Å²) in [5.41, 5.74) is 9.15.